The van der Waals surface area contributed by atoms with Gasteiger partial charge in [-0.3, -0.25) is 0 Å². The van der Waals surface area contributed by atoms with Crippen LogP contribution in [-0.2, 0) is 5.60 Å². The number of aliphatic hydroxyl groups is 1. The van der Waals surface area contributed by atoms with Gasteiger partial charge in [0, 0.05) is 6.04 Å². The van der Waals surface area contributed by atoms with E-state index in [0.717, 1.165) is 23.3 Å². The molecule has 0 saturated heterocycles. The van der Waals surface area contributed by atoms with E-state index < -0.39 is 5.60 Å². The number of benzene rings is 2. The molecule has 0 bridgehead atoms. The highest BCUT2D eigenvalue weighted by atomic mass is 32.2. The third-order valence-corrected chi connectivity index (χ3v) is 4.24. The van der Waals surface area contributed by atoms with E-state index >= 15 is 0 Å². The molecule has 1 atom stereocenters. The summed E-state index contributed by atoms with van der Waals surface area (Å²) in [5, 5.41) is 11.3. The molecule has 20 heavy (non-hydrogen) atoms. The van der Waals surface area contributed by atoms with Crippen molar-refractivity contribution in [3.05, 3.63) is 71.8 Å². The van der Waals surface area contributed by atoms with Gasteiger partial charge in [-0.05, 0) is 29.6 Å². The highest BCUT2D eigenvalue weighted by molar-refractivity contribution is 7.98. The van der Waals surface area contributed by atoms with Gasteiger partial charge in [-0.15, -0.1) is 0 Å². The normalized spacial score (nSPS) is 13.2. The molecule has 0 heterocycles. The molecule has 2 aromatic carbocycles. The van der Waals surface area contributed by atoms with Crippen molar-refractivity contribution in [1.82, 2.24) is 0 Å². The van der Waals surface area contributed by atoms with Gasteiger partial charge in [-0.1, -0.05) is 60.7 Å². The third kappa shape index (κ3) is 3.06. The van der Waals surface area contributed by atoms with Crippen LogP contribution in [0.4, 0.5) is 0 Å². The number of hydrogen-bond donors (Lipinski definition) is 2. The molecule has 106 valence electrons. The van der Waals surface area contributed by atoms with E-state index in [0.29, 0.717) is 0 Å². The lowest BCUT2D eigenvalue weighted by Gasteiger charge is -2.35. The molecule has 0 aromatic heterocycles. The second-order valence-corrected chi connectivity index (χ2v) is 5.87. The van der Waals surface area contributed by atoms with Gasteiger partial charge >= 0.3 is 0 Å². The van der Waals surface area contributed by atoms with E-state index in [1.54, 1.807) is 11.8 Å². The highest BCUT2D eigenvalue weighted by Crippen LogP contribution is 2.33. The van der Waals surface area contributed by atoms with Gasteiger partial charge in [0.1, 0.15) is 5.60 Å². The van der Waals surface area contributed by atoms with Gasteiger partial charge in [0.25, 0.3) is 0 Å². The Balaban J connectivity index is 2.43. The van der Waals surface area contributed by atoms with Crippen LogP contribution in [0.2, 0.25) is 0 Å². The second kappa shape index (κ2) is 6.93. The van der Waals surface area contributed by atoms with Crippen LogP contribution in [0.15, 0.2) is 60.7 Å². The number of hydrogen-bond acceptors (Lipinski definition) is 3. The summed E-state index contributed by atoms with van der Waals surface area (Å²) in [7, 11) is 0. The molecule has 3 N–H and O–H groups in total. The zero-order chi connectivity index (χ0) is 14.4. The predicted molar refractivity (Wildman–Crippen MR) is 86.9 cm³/mol. The molecule has 3 heteroatoms. The molecule has 2 nitrogen and oxygen atoms in total. The Morgan fingerprint density at radius 3 is 1.85 bits per heavy atom. The van der Waals surface area contributed by atoms with Crippen LogP contribution >= 0.6 is 11.8 Å². The van der Waals surface area contributed by atoms with Crippen LogP contribution in [-0.4, -0.2) is 23.2 Å². The van der Waals surface area contributed by atoms with E-state index in [4.69, 9.17) is 5.73 Å². The summed E-state index contributed by atoms with van der Waals surface area (Å²) in [4.78, 5) is 0. The number of thioether (sulfide) groups is 1. The van der Waals surface area contributed by atoms with Crippen molar-refractivity contribution < 1.29 is 5.11 Å². The largest absolute Gasteiger partial charge is 0.379 e. The fraction of sp³-hybridized carbons (Fsp3) is 0.294. The first-order valence-electron chi connectivity index (χ1n) is 6.77. The maximum atomic E-state index is 11.3. The van der Waals surface area contributed by atoms with Gasteiger partial charge in [-0.25, -0.2) is 0 Å². The van der Waals surface area contributed by atoms with Crippen LogP contribution in [0, 0.1) is 0 Å². The van der Waals surface area contributed by atoms with Crippen molar-refractivity contribution in [3.63, 3.8) is 0 Å². The minimum absolute atomic E-state index is 0.334. The quantitative estimate of drug-likeness (QED) is 0.858. The lowest BCUT2D eigenvalue weighted by atomic mass is 9.79. The Morgan fingerprint density at radius 1 is 1.00 bits per heavy atom. The first kappa shape index (κ1) is 15.1. The summed E-state index contributed by atoms with van der Waals surface area (Å²) in [5.41, 5.74) is 6.89. The second-order valence-electron chi connectivity index (χ2n) is 4.89. The first-order chi connectivity index (χ1) is 9.69. The lowest BCUT2D eigenvalue weighted by Crippen LogP contribution is -2.46. The molecular weight excluding hydrogens is 266 g/mol. The zero-order valence-electron chi connectivity index (χ0n) is 11.7. The Morgan fingerprint density at radius 2 is 1.45 bits per heavy atom. The van der Waals surface area contributed by atoms with Crippen LogP contribution in [0.25, 0.3) is 0 Å². The Bertz CT molecular complexity index is 476. The van der Waals surface area contributed by atoms with E-state index in [-0.39, 0.29) is 6.04 Å². The summed E-state index contributed by atoms with van der Waals surface area (Å²) >= 11 is 1.75. The monoisotopic (exact) mass is 287 g/mol. The molecule has 0 radical (unpaired) electrons. The molecule has 2 rings (SSSR count). The van der Waals surface area contributed by atoms with Crippen LogP contribution in [0.3, 0.4) is 0 Å². The molecule has 0 unspecified atom stereocenters. The smallest absolute Gasteiger partial charge is 0.130 e. The topological polar surface area (TPSA) is 46.2 Å². The molecule has 0 aliphatic carbocycles. The Labute approximate surface area is 125 Å². The van der Waals surface area contributed by atoms with Crippen molar-refractivity contribution in [2.45, 2.75) is 18.1 Å². The first-order valence-corrected chi connectivity index (χ1v) is 8.17. The van der Waals surface area contributed by atoms with Gasteiger partial charge in [0.05, 0.1) is 0 Å². The van der Waals surface area contributed by atoms with Crippen LogP contribution in [0.1, 0.15) is 17.5 Å². The van der Waals surface area contributed by atoms with Gasteiger partial charge in [0.2, 0.25) is 0 Å². The summed E-state index contributed by atoms with van der Waals surface area (Å²) in [5.74, 6) is 0.934. The highest BCUT2D eigenvalue weighted by Gasteiger charge is 2.37. The standard InChI is InChI=1S/C17H21NOS/c1-20-13-12-16(18)17(19,14-8-4-2-5-9-14)15-10-6-3-7-11-15/h2-11,16,19H,12-13,18H2,1H3/t16-/m1/s1. The SMILES string of the molecule is CSCC[C@@H](N)C(O)(c1ccccc1)c1ccccc1. The summed E-state index contributed by atoms with van der Waals surface area (Å²) in [6.07, 6.45) is 2.82. The van der Waals surface area contributed by atoms with Gasteiger partial charge < -0.3 is 10.8 Å². The minimum Gasteiger partial charge on any atom is -0.379 e. The molecule has 0 fully saturated rings. The Hall–Kier alpha value is -1.29. The molecule has 0 spiro atoms. The predicted octanol–water partition coefficient (Wildman–Crippen LogP) is 3.00. The third-order valence-electron chi connectivity index (χ3n) is 3.60. The zero-order valence-corrected chi connectivity index (χ0v) is 12.5. The average molecular weight is 287 g/mol. The van der Waals surface area contributed by atoms with Crippen molar-refractivity contribution in [1.29, 1.82) is 0 Å². The van der Waals surface area contributed by atoms with Crippen molar-refractivity contribution in [2.24, 2.45) is 5.73 Å². The van der Waals surface area contributed by atoms with E-state index in [2.05, 4.69) is 6.26 Å². The number of rotatable bonds is 6. The van der Waals surface area contributed by atoms with Gasteiger partial charge in [-0.2, -0.15) is 11.8 Å². The van der Waals surface area contributed by atoms with Crippen molar-refractivity contribution >= 4 is 11.8 Å². The Kier molecular flexibility index (Phi) is 5.24. The maximum Gasteiger partial charge on any atom is 0.130 e. The summed E-state index contributed by atoms with van der Waals surface area (Å²) < 4.78 is 0. The molecule has 2 aromatic rings. The van der Waals surface area contributed by atoms with Crippen molar-refractivity contribution in [2.75, 3.05) is 12.0 Å². The van der Waals surface area contributed by atoms with E-state index in [9.17, 15) is 5.11 Å². The van der Waals surface area contributed by atoms with Crippen LogP contribution < -0.4 is 5.73 Å². The van der Waals surface area contributed by atoms with Crippen molar-refractivity contribution in [3.8, 4) is 0 Å². The fourth-order valence-corrected chi connectivity index (χ4v) is 2.92. The summed E-state index contributed by atoms with van der Waals surface area (Å²) in [6.45, 7) is 0. The van der Waals surface area contributed by atoms with Gasteiger partial charge in [0.15, 0.2) is 0 Å². The maximum absolute atomic E-state index is 11.3. The fourth-order valence-electron chi connectivity index (χ4n) is 2.43. The average Bonchev–Trinajstić information content (AvgIpc) is 2.53. The van der Waals surface area contributed by atoms with Crippen LogP contribution in [0.5, 0.6) is 0 Å². The molecule has 0 saturated carbocycles. The molecule has 0 amide bonds. The van der Waals surface area contributed by atoms with E-state index in [1.165, 1.54) is 0 Å². The lowest BCUT2D eigenvalue weighted by molar-refractivity contribution is 0.0507. The number of nitrogens with two attached hydrogens (primary N) is 1. The summed E-state index contributed by atoms with van der Waals surface area (Å²) in [6, 6.07) is 19.0. The molecule has 0 aliphatic rings. The van der Waals surface area contributed by atoms with E-state index in [1.807, 2.05) is 60.7 Å². The molecule has 0 aliphatic heterocycles. The molecular formula is C17H21NOS. The minimum atomic E-state index is -1.14.